The average Bonchev–Trinajstić information content (AvgIpc) is 3.54. The molecule has 2 nitrogen and oxygen atoms in total. The zero-order chi connectivity index (χ0) is 39.8. The third-order valence-corrected chi connectivity index (χ3v) is 12.3. The fourth-order valence-electron chi connectivity index (χ4n) is 9.40. The zero-order valence-electron chi connectivity index (χ0n) is 33.5. The molecule has 0 aliphatic heterocycles. The van der Waals surface area contributed by atoms with Gasteiger partial charge in [-0.25, -0.2) is 0 Å². The highest BCUT2D eigenvalue weighted by Crippen LogP contribution is 2.52. The Morgan fingerprint density at radius 2 is 0.915 bits per heavy atom. The Labute approximate surface area is 348 Å². The lowest BCUT2D eigenvalue weighted by molar-refractivity contribution is 0.649. The van der Waals surface area contributed by atoms with Gasteiger partial charge in [0.1, 0.15) is 5.54 Å². The topological polar surface area (TPSA) is 6.48 Å². The van der Waals surface area contributed by atoms with Gasteiger partial charge in [0, 0.05) is 34.1 Å². The van der Waals surface area contributed by atoms with Crippen LogP contribution in [0.2, 0.25) is 0 Å². The van der Waals surface area contributed by atoms with Crippen molar-refractivity contribution in [2.75, 3.05) is 9.80 Å². The molecule has 8 aromatic rings. The highest BCUT2D eigenvalue weighted by molar-refractivity contribution is 5.85. The minimum absolute atomic E-state index is 0.0314. The minimum atomic E-state index is -0.607. The molecule has 10 rings (SSSR count). The van der Waals surface area contributed by atoms with Gasteiger partial charge in [0.15, 0.2) is 0 Å². The summed E-state index contributed by atoms with van der Waals surface area (Å²) >= 11 is 0. The van der Waals surface area contributed by atoms with Crippen LogP contribution in [-0.4, -0.2) is 0 Å². The fourth-order valence-corrected chi connectivity index (χ4v) is 9.40. The molecule has 0 amide bonds. The van der Waals surface area contributed by atoms with Crippen molar-refractivity contribution in [3.8, 4) is 22.3 Å². The van der Waals surface area contributed by atoms with Gasteiger partial charge in [-0.15, -0.1) is 0 Å². The van der Waals surface area contributed by atoms with Crippen molar-refractivity contribution < 1.29 is 0 Å². The Kier molecular flexibility index (Phi) is 9.19. The van der Waals surface area contributed by atoms with E-state index in [4.69, 9.17) is 0 Å². The van der Waals surface area contributed by atoms with Crippen molar-refractivity contribution in [3.63, 3.8) is 0 Å². The van der Waals surface area contributed by atoms with Crippen molar-refractivity contribution in [3.05, 3.63) is 259 Å². The molecule has 284 valence electrons. The largest absolute Gasteiger partial charge is 0.324 e. The third kappa shape index (κ3) is 6.38. The number of fused-ring (bicyclic) bond motifs is 3. The van der Waals surface area contributed by atoms with E-state index in [1.165, 1.54) is 44.5 Å². The number of hydrogen-bond donors (Lipinski definition) is 0. The fraction of sp³-hybridized carbons (Fsp3) is 0.0877. The summed E-state index contributed by atoms with van der Waals surface area (Å²) in [6.45, 7) is 4.72. The number of benzene rings is 8. The first kappa shape index (κ1) is 36.2. The maximum absolute atomic E-state index is 2.53. The van der Waals surface area contributed by atoms with Crippen LogP contribution in [0.4, 0.5) is 28.4 Å². The standard InChI is InChI=1S/C57H46N2/c1-56(2)53-29-17-15-28-51(53)52-36-35-49(41-54(52)56)59(48-25-13-6-14-26-48)57(45-21-9-4-10-22-45)39-37-44(38-40-57)50-27-16-18-30-55(50)58(46-23-11-5-12-24-46)47-33-31-43(32-34-47)42-19-7-3-8-20-42/h3-41,44H,1-2H3. The summed E-state index contributed by atoms with van der Waals surface area (Å²) in [5.41, 5.74) is 15.2. The molecule has 2 heteroatoms. The van der Waals surface area contributed by atoms with Gasteiger partial charge >= 0.3 is 0 Å². The van der Waals surface area contributed by atoms with Crippen LogP contribution >= 0.6 is 0 Å². The number of allylic oxidation sites excluding steroid dienone is 2. The number of para-hydroxylation sites is 3. The van der Waals surface area contributed by atoms with Crippen LogP contribution in [0.5, 0.6) is 0 Å². The highest BCUT2D eigenvalue weighted by Gasteiger charge is 2.40. The van der Waals surface area contributed by atoms with E-state index in [1.807, 2.05) is 0 Å². The van der Waals surface area contributed by atoms with Crippen LogP contribution in [0.1, 0.15) is 42.0 Å². The maximum Gasteiger partial charge on any atom is 0.107 e. The van der Waals surface area contributed by atoms with E-state index < -0.39 is 5.54 Å². The molecular weight excluding hydrogens is 713 g/mol. The first-order valence-electron chi connectivity index (χ1n) is 20.6. The predicted molar refractivity (Wildman–Crippen MR) is 248 cm³/mol. The number of rotatable bonds is 9. The molecule has 2 aliphatic rings. The second-order valence-corrected chi connectivity index (χ2v) is 16.1. The number of anilines is 5. The molecule has 0 radical (unpaired) electrons. The van der Waals surface area contributed by atoms with Crippen LogP contribution in [0.3, 0.4) is 0 Å². The summed E-state index contributed by atoms with van der Waals surface area (Å²) in [5.74, 6) is 0.0314. The van der Waals surface area contributed by atoms with Crippen molar-refractivity contribution in [1.29, 1.82) is 0 Å². The van der Waals surface area contributed by atoms with Crippen molar-refractivity contribution >= 4 is 28.4 Å². The lowest BCUT2D eigenvalue weighted by Gasteiger charge is -2.44. The van der Waals surface area contributed by atoms with Crippen LogP contribution < -0.4 is 9.80 Å². The van der Waals surface area contributed by atoms with Gasteiger partial charge in [-0.05, 0) is 99.1 Å². The van der Waals surface area contributed by atoms with E-state index in [0.29, 0.717) is 0 Å². The molecule has 0 heterocycles. The summed E-state index contributed by atoms with van der Waals surface area (Å²) in [7, 11) is 0. The summed E-state index contributed by atoms with van der Waals surface area (Å²) < 4.78 is 0. The second-order valence-electron chi connectivity index (χ2n) is 16.1. The van der Waals surface area contributed by atoms with E-state index in [9.17, 15) is 0 Å². The van der Waals surface area contributed by atoms with Gasteiger partial charge in [0.2, 0.25) is 0 Å². The van der Waals surface area contributed by atoms with Gasteiger partial charge in [0.25, 0.3) is 0 Å². The van der Waals surface area contributed by atoms with Crippen molar-refractivity contribution in [1.82, 2.24) is 0 Å². The van der Waals surface area contributed by atoms with Gasteiger partial charge < -0.3 is 9.80 Å². The zero-order valence-corrected chi connectivity index (χ0v) is 33.5. The molecule has 0 aromatic heterocycles. The summed E-state index contributed by atoms with van der Waals surface area (Å²) in [5, 5.41) is 0. The molecule has 0 saturated carbocycles. The third-order valence-electron chi connectivity index (χ3n) is 12.3. The van der Waals surface area contributed by atoms with Crippen molar-refractivity contribution in [2.45, 2.75) is 30.7 Å². The van der Waals surface area contributed by atoms with E-state index in [-0.39, 0.29) is 11.3 Å². The minimum Gasteiger partial charge on any atom is -0.324 e. The predicted octanol–water partition coefficient (Wildman–Crippen LogP) is 15.1. The monoisotopic (exact) mass is 758 g/mol. The van der Waals surface area contributed by atoms with Gasteiger partial charge in [0.05, 0.1) is 5.69 Å². The molecule has 8 aromatic carbocycles. The Morgan fingerprint density at radius 3 is 1.61 bits per heavy atom. The summed E-state index contributed by atoms with van der Waals surface area (Å²) in [6.07, 6.45) is 9.70. The maximum atomic E-state index is 2.53. The molecule has 0 bridgehead atoms. The van der Waals surface area contributed by atoms with E-state index in [2.05, 4.69) is 260 Å². The SMILES string of the molecule is CC1(C)c2ccccc2-c2ccc(N(c3ccccc3)C3(c4ccccc4)C=CC(c4ccccc4N(c4ccccc4)c4ccc(-c5ccccc5)cc4)C=C3)cc21. The van der Waals surface area contributed by atoms with Gasteiger partial charge in [-0.1, -0.05) is 196 Å². The molecule has 0 atom stereocenters. The molecule has 0 unspecified atom stereocenters. The van der Waals surface area contributed by atoms with E-state index >= 15 is 0 Å². The Hall–Kier alpha value is -7.16. The molecule has 59 heavy (non-hydrogen) atoms. The normalized spacial score (nSPS) is 17.2. The first-order chi connectivity index (χ1) is 29.0. The smallest absolute Gasteiger partial charge is 0.107 e. The summed E-state index contributed by atoms with van der Waals surface area (Å²) in [4.78, 5) is 4.92. The molecule has 0 fully saturated rings. The van der Waals surface area contributed by atoms with E-state index in [0.717, 1.165) is 28.4 Å². The first-order valence-corrected chi connectivity index (χ1v) is 20.6. The van der Waals surface area contributed by atoms with Crippen LogP contribution in [0.15, 0.2) is 237 Å². The molecule has 0 N–H and O–H groups in total. The Bertz CT molecular complexity index is 2770. The van der Waals surface area contributed by atoms with E-state index in [1.54, 1.807) is 0 Å². The molecule has 0 saturated heterocycles. The second kappa shape index (κ2) is 15.0. The van der Waals surface area contributed by atoms with Crippen molar-refractivity contribution in [2.24, 2.45) is 0 Å². The molecular formula is C57H46N2. The Morgan fingerprint density at radius 1 is 0.407 bits per heavy atom. The number of hydrogen-bond acceptors (Lipinski definition) is 2. The Balaban J connectivity index is 1.09. The van der Waals surface area contributed by atoms with Crippen LogP contribution in [-0.2, 0) is 11.0 Å². The van der Waals surface area contributed by atoms with Gasteiger partial charge in [-0.2, -0.15) is 0 Å². The van der Waals surface area contributed by atoms with Crippen LogP contribution in [0.25, 0.3) is 22.3 Å². The summed E-state index contributed by atoms with van der Waals surface area (Å²) in [6, 6.07) is 76.9. The highest BCUT2D eigenvalue weighted by atomic mass is 15.2. The lowest BCUT2D eigenvalue weighted by Crippen LogP contribution is -2.41. The average molecular weight is 759 g/mol. The van der Waals surface area contributed by atoms with Crippen LogP contribution in [0, 0.1) is 0 Å². The quantitative estimate of drug-likeness (QED) is 0.135. The lowest BCUT2D eigenvalue weighted by atomic mass is 9.78. The van der Waals surface area contributed by atoms with Gasteiger partial charge in [-0.3, -0.25) is 0 Å². The molecule has 2 aliphatic carbocycles. The molecule has 0 spiro atoms. The number of nitrogens with zero attached hydrogens (tertiary/aromatic N) is 2.